The third-order valence-electron chi connectivity index (χ3n) is 2.58. The highest BCUT2D eigenvalue weighted by Crippen LogP contribution is 2.23. The van der Waals surface area contributed by atoms with Crippen LogP contribution in [-0.4, -0.2) is 24.1 Å². The van der Waals surface area contributed by atoms with Crippen LogP contribution in [0.15, 0.2) is 22.9 Å². The molecule has 1 rings (SSSR count). The molecule has 1 aliphatic heterocycles. The van der Waals surface area contributed by atoms with E-state index in [2.05, 4.69) is 0 Å². The fourth-order valence-electron chi connectivity index (χ4n) is 1.49. The van der Waals surface area contributed by atoms with E-state index in [1.165, 1.54) is 6.21 Å². The van der Waals surface area contributed by atoms with E-state index in [-0.39, 0.29) is 5.91 Å². The molecule has 1 N–H and O–H groups in total. The summed E-state index contributed by atoms with van der Waals surface area (Å²) in [4.78, 5) is 13.0. The van der Waals surface area contributed by atoms with Crippen molar-refractivity contribution in [2.45, 2.75) is 26.7 Å². The first-order chi connectivity index (χ1) is 6.56. The summed E-state index contributed by atoms with van der Waals surface area (Å²) < 4.78 is 0. The molecule has 3 nitrogen and oxygen atoms in total. The number of allylic oxidation sites excluding steroid dienone is 4. The van der Waals surface area contributed by atoms with Crippen molar-refractivity contribution in [1.29, 1.82) is 5.41 Å². The van der Waals surface area contributed by atoms with E-state index in [0.29, 0.717) is 6.42 Å². The van der Waals surface area contributed by atoms with E-state index in [1.54, 1.807) is 11.9 Å². The Hall–Kier alpha value is -1.38. The molecular weight excluding hydrogens is 176 g/mol. The minimum absolute atomic E-state index is 0.173. The number of carbonyl (C=O) groups is 1. The third kappa shape index (κ3) is 2.10. The smallest absolute Gasteiger partial charge is 0.226 e. The molecular formula is C11H16N2O. The topological polar surface area (TPSA) is 44.2 Å². The number of hydrogen-bond acceptors (Lipinski definition) is 2. The number of nitrogens with one attached hydrogen (secondary N) is 1. The Bertz CT molecular complexity index is 326. The van der Waals surface area contributed by atoms with Crippen LogP contribution in [0.25, 0.3) is 0 Å². The quantitative estimate of drug-likeness (QED) is 0.669. The van der Waals surface area contributed by atoms with E-state index in [0.717, 1.165) is 23.3 Å². The molecule has 0 aromatic carbocycles. The molecule has 0 spiro atoms. The lowest BCUT2D eigenvalue weighted by atomic mass is 10.0. The summed E-state index contributed by atoms with van der Waals surface area (Å²) >= 11 is 0. The largest absolute Gasteiger partial charge is 0.319 e. The summed E-state index contributed by atoms with van der Waals surface area (Å²) in [7, 11) is 1.80. The predicted octanol–water partition coefficient (Wildman–Crippen LogP) is 2.11. The van der Waals surface area contributed by atoms with Gasteiger partial charge >= 0.3 is 0 Å². The maximum Gasteiger partial charge on any atom is 0.226 e. The molecule has 0 bridgehead atoms. The molecule has 0 aliphatic carbocycles. The van der Waals surface area contributed by atoms with Crippen molar-refractivity contribution < 1.29 is 4.79 Å². The lowest BCUT2D eigenvalue weighted by Crippen LogP contribution is -2.29. The molecule has 1 heterocycles. The second kappa shape index (κ2) is 4.22. The van der Waals surface area contributed by atoms with Crippen LogP contribution in [0.3, 0.4) is 0 Å². The van der Waals surface area contributed by atoms with Crippen molar-refractivity contribution in [3.63, 3.8) is 0 Å². The van der Waals surface area contributed by atoms with Crippen LogP contribution < -0.4 is 0 Å². The second-order valence-electron chi connectivity index (χ2n) is 3.60. The zero-order chi connectivity index (χ0) is 10.7. The van der Waals surface area contributed by atoms with Gasteiger partial charge in [-0.3, -0.25) is 4.79 Å². The summed E-state index contributed by atoms with van der Waals surface area (Å²) in [6, 6.07) is 0. The van der Waals surface area contributed by atoms with Gasteiger partial charge in [-0.25, -0.2) is 0 Å². The molecule has 3 heteroatoms. The molecule has 0 atom stereocenters. The van der Waals surface area contributed by atoms with Crippen LogP contribution in [0.2, 0.25) is 0 Å². The lowest BCUT2D eigenvalue weighted by Gasteiger charge is -2.25. The predicted molar refractivity (Wildman–Crippen MR) is 57.2 cm³/mol. The number of hydrogen-bond donors (Lipinski definition) is 1. The van der Waals surface area contributed by atoms with Crippen LogP contribution in [0, 0.1) is 5.41 Å². The van der Waals surface area contributed by atoms with Crippen LogP contribution in [0.1, 0.15) is 26.7 Å². The van der Waals surface area contributed by atoms with Gasteiger partial charge < -0.3 is 10.3 Å². The molecule has 0 unspecified atom stereocenters. The van der Waals surface area contributed by atoms with Crippen LogP contribution in [0.4, 0.5) is 0 Å². The van der Waals surface area contributed by atoms with E-state index >= 15 is 0 Å². The standard InChI is InChI=1S/C11H16N2O/c1-8(7-12)6-10-4-5-11(14)13(3)9(10)2/h6-7,12H,4-5H2,1-3H3/b8-6-,12-7?. The van der Waals surface area contributed by atoms with Crippen LogP contribution >= 0.6 is 0 Å². The molecule has 0 fully saturated rings. The van der Waals surface area contributed by atoms with Crippen molar-refractivity contribution in [3.05, 3.63) is 22.9 Å². The number of nitrogens with zero attached hydrogens (tertiary/aromatic N) is 1. The van der Waals surface area contributed by atoms with Gasteiger partial charge in [-0.15, -0.1) is 0 Å². The Morgan fingerprint density at radius 3 is 2.71 bits per heavy atom. The molecule has 14 heavy (non-hydrogen) atoms. The molecule has 0 aromatic rings. The fourth-order valence-corrected chi connectivity index (χ4v) is 1.49. The molecule has 0 saturated carbocycles. The first kappa shape index (κ1) is 10.7. The number of amides is 1. The maximum absolute atomic E-state index is 11.3. The Morgan fingerprint density at radius 1 is 1.50 bits per heavy atom. The van der Waals surface area contributed by atoms with Gasteiger partial charge in [0.1, 0.15) is 0 Å². The normalized spacial score (nSPS) is 18.9. The Morgan fingerprint density at radius 2 is 2.14 bits per heavy atom. The summed E-state index contributed by atoms with van der Waals surface area (Å²) in [5, 5.41) is 7.09. The molecule has 0 saturated heterocycles. The molecule has 76 valence electrons. The van der Waals surface area contributed by atoms with Gasteiger partial charge in [0.15, 0.2) is 0 Å². The third-order valence-corrected chi connectivity index (χ3v) is 2.58. The van der Waals surface area contributed by atoms with E-state index in [9.17, 15) is 4.79 Å². The van der Waals surface area contributed by atoms with Crippen molar-refractivity contribution in [2.24, 2.45) is 0 Å². The fraction of sp³-hybridized carbons (Fsp3) is 0.455. The minimum Gasteiger partial charge on any atom is -0.319 e. The molecule has 1 amide bonds. The van der Waals surface area contributed by atoms with Crippen LogP contribution in [-0.2, 0) is 4.79 Å². The van der Waals surface area contributed by atoms with Crippen LogP contribution in [0.5, 0.6) is 0 Å². The minimum atomic E-state index is 0.173. The van der Waals surface area contributed by atoms with Crippen molar-refractivity contribution in [3.8, 4) is 0 Å². The first-order valence-electron chi connectivity index (χ1n) is 4.71. The average molecular weight is 192 g/mol. The van der Waals surface area contributed by atoms with Gasteiger partial charge in [0, 0.05) is 25.4 Å². The monoisotopic (exact) mass is 192 g/mol. The van der Waals surface area contributed by atoms with Crippen molar-refractivity contribution in [2.75, 3.05) is 7.05 Å². The molecule has 1 aliphatic rings. The van der Waals surface area contributed by atoms with E-state index in [4.69, 9.17) is 5.41 Å². The lowest BCUT2D eigenvalue weighted by molar-refractivity contribution is -0.128. The van der Waals surface area contributed by atoms with Gasteiger partial charge in [0.2, 0.25) is 5.91 Å². The number of rotatable bonds is 2. The molecule has 0 radical (unpaired) electrons. The van der Waals surface area contributed by atoms with Gasteiger partial charge in [-0.05, 0) is 31.4 Å². The highest BCUT2D eigenvalue weighted by molar-refractivity contribution is 5.81. The maximum atomic E-state index is 11.3. The van der Waals surface area contributed by atoms with Crippen molar-refractivity contribution >= 4 is 12.1 Å². The van der Waals surface area contributed by atoms with Gasteiger partial charge in [-0.2, -0.15) is 0 Å². The Balaban J connectivity index is 2.99. The Kier molecular flexibility index (Phi) is 3.23. The zero-order valence-electron chi connectivity index (χ0n) is 8.92. The van der Waals surface area contributed by atoms with Gasteiger partial charge in [-0.1, -0.05) is 6.08 Å². The SMILES string of the molecule is CC1=C(/C=C(/C)C=N)CCC(=O)N1C. The van der Waals surface area contributed by atoms with Crippen molar-refractivity contribution in [1.82, 2.24) is 4.90 Å². The summed E-state index contributed by atoms with van der Waals surface area (Å²) in [5.74, 6) is 0.173. The zero-order valence-corrected chi connectivity index (χ0v) is 8.92. The van der Waals surface area contributed by atoms with E-state index in [1.807, 2.05) is 19.9 Å². The van der Waals surface area contributed by atoms with Gasteiger partial charge in [0.05, 0.1) is 0 Å². The summed E-state index contributed by atoms with van der Waals surface area (Å²) in [6.07, 6.45) is 4.67. The van der Waals surface area contributed by atoms with Gasteiger partial charge in [0.25, 0.3) is 0 Å². The summed E-state index contributed by atoms with van der Waals surface area (Å²) in [6.45, 7) is 3.84. The Labute approximate surface area is 84.6 Å². The molecule has 0 aromatic heterocycles. The highest BCUT2D eigenvalue weighted by Gasteiger charge is 2.18. The highest BCUT2D eigenvalue weighted by atomic mass is 16.2. The second-order valence-corrected chi connectivity index (χ2v) is 3.60. The number of carbonyl (C=O) groups excluding carboxylic acids is 1. The average Bonchev–Trinajstić information content (AvgIpc) is 2.19. The first-order valence-corrected chi connectivity index (χ1v) is 4.71. The van der Waals surface area contributed by atoms with E-state index < -0.39 is 0 Å². The summed E-state index contributed by atoms with van der Waals surface area (Å²) in [5.41, 5.74) is 3.08.